The molecule has 0 amide bonds. The van der Waals surface area contributed by atoms with E-state index in [4.69, 9.17) is 5.73 Å². The first-order valence-corrected chi connectivity index (χ1v) is 7.80. The van der Waals surface area contributed by atoms with Gasteiger partial charge in [0.15, 0.2) is 0 Å². The number of hydrogen-bond donors (Lipinski definition) is 2. The van der Waals surface area contributed by atoms with Crippen LogP contribution in [-0.2, 0) is 10.0 Å². The number of nitrogens with two attached hydrogens (primary N) is 1. The summed E-state index contributed by atoms with van der Waals surface area (Å²) in [6.45, 7) is 1.75. The maximum atomic E-state index is 12.3. The highest BCUT2D eigenvalue weighted by atomic mass is 79.9. The molecule has 0 atom stereocenters. The van der Waals surface area contributed by atoms with Crippen LogP contribution in [0.15, 0.2) is 51.8 Å². The number of aryl methyl sites for hydroxylation is 1. The molecule has 0 spiro atoms. The van der Waals surface area contributed by atoms with Crippen molar-refractivity contribution in [3.8, 4) is 0 Å². The summed E-state index contributed by atoms with van der Waals surface area (Å²) in [5, 5.41) is 0. The summed E-state index contributed by atoms with van der Waals surface area (Å²) in [5.41, 5.74) is 7.26. The van der Waals surface area contributed by atoms with Crippen molar-refractivity contribution in [2.45, 2.75) is 11.8 Å². The molecule has 100 valence electrons. The smallest absolute Gasteiger partial charge is 0.262 e. The maximum absolute atomic E-state index is 12.3. The van der Waals surface area contributed by atoms with E-state index in [0.717, 1.165) is 0 Å². The molecule has 0 aliphatic carbocycles. The number of rotatable bonds is 3. The Kier molecular flexibility index (Phi) is 3.82. The molecule has 0 saturated heterocycles. The van der Waals surface area contributed by atoms with Gasteiger partial charge in [-0.1, -0.05) is 28.1 Å². The predicted octanol–water partition coefficient (Wildman–Crippen LogP) is 3.14. The number of nitrogen functional groups attached to an aromatic ring is 1. The number of anilines is 2. The number of benzene rings is 2. The van der Waals surface area contributed by atoms with Crippen LogP contribution in [0.25, 0.3) is 0 Å². The molecule has 2 aromatic carbocycles. The quantitative estimate of drug-likeness (QED) is 0.843. The molecule has 0 aromatic heterocycles. The molecular weight excluding hydrogens is 328 g/mol. The van der Waals surface area contributed by atoms with Gasteiger partial charge in [-0.05, 0) is 42.8 Å². The van der Waals surface area contributed by atoms with E-state index >= 15 is 0 Å². The van der Waals surface area contributed by atoms with Crippen molar-refractivity contribution in [2.24, 2.45) is 0 Å². The molecule has 2 aromatic rings. The fraction of sp³-hybridized carbons (Fsp3) is 0.0769. The number of halogens is 1. The molecule has 0 aliphatic rings. The van der Waals surface area contributed by atoms with Crippen molar-refractivity contribution >= 4 is 37.3 Å². The second-order valence-corrected chi connectivity index (χ2v) is 6.71. The van der Waals surface area contributed by atoms with Gasteiger partial charge in [-0.3, -0.25) is 4.72 Å². The average molecular weight is 341 g/mol. The van der Waals surface area contributed by atoms with Crippen LogP contribution in [-0.4, -0.2) is 8.42 Å². The molecule has 0 bridgehead atoms. The largest absolute Gasteiger partial charge is 0.399 e. The summed E-state index contributed by atoms with van der Waals surface area (Å²) in [4.78, 5) is 0.240. The van der Waals surface area contributed by atoms with Crippen molar-refractivity contribution in [3.63, 3.8) is 0 Å². The average Bonchev–Trinajstić information content (AvgIpc) is 2.31. The van der Waals surface area contributed by atoms with E-state index < -0.39 is 10.0 Å². The third kappa shape index (κ3) is 3.27. The first-order valence-electron chi connectivity index (χ1n) is 5.53. The van der Waals surface area contributed by atoms with Crippen LogP contribution in [0.3, 0.4) is 0 Å². The van der Waals surface area contributed by atoms with Crippen LogP contribution < -0.4 is 10.5 Å². The third-order valence-corrected chi connectivity index (χ3v) is 4.60. The third-order valence-electron chi connectivity index (χ3n) is 2.58. The van der Waals surface area contributed by atoms with Crippen molar-refractivity contribution in [1.29, 1.82) is 0 Å². The maximum Gasteiger partial charge on any atom is 0.262 e. The first-order chi connectivity index (χ1) is 8.88. The normalized spacial score (nSPS) is 11.3. The first kappa shape index (κ1) is 13.9. The Balaban J connectivity index is 2.40. The molecule has 6 heteroatoms. The predicted molar refractivity (Wildman–Crippen MR) is 80.5 cm³/mol. The number of sulfonamides is 1. The molecule has 19 heavy (non-hydrogen) atoms. The zero-order valence-electron chi connectivity index (χ0n) is 10.2. The van der Waals surface area contributed by atoms with Gasteiger partial charge in [0.2, 0.25) is 0 Å². The van der Waals surface area contributed by atoms with E-state index in [-0.39, 0.29) is 4.90 Å². The number of nitrogens with one attached hydrogen (secondary N) is 1. The Morgan fingerprint density at radius 3 is 2.58 bits per heavy atom. The van der Waals surface area contributed by atoms with Gasteiger partial charge in [-0.15, -0.1) is 0 Å². The van der Waals surface area contributed by atoms with Gasteiger partial charge in [0.05, 0.1) is 10.6 Å². The lowest BCUT2D eigenvalue weighted by molar-refractivity contribution is 0.600. The van der Waals surface area contributed by atoms with E-state index in [1.165, 1.54) is 0 Å². The SMILES string of the molecule is Cc1ccc(Br)cc1S(=O)(=O)Nc1cccc(N)c1. The molecule has 0 heterocycles. The molecular formula is C13H13BrN2O2S. The molecule has 2 rings (SSSR count). The Morgan fingerprint density at radius 2 is 1.89 bits per heavy atom. The topological polar surface area (TPSA) is 72.2 Å². The Bertz CT molecular complexity index is 714. The highest BCUT2D eigenvalue weighted by molar-refractivity contribution is 9.10. The van der Waals surface area contributed by atoms with E-state index in [2.05, 4.69) is 20.7 Å². The molecule has 0 unspecified atom stereocenters. The minimum atomic E-state index is -3.62. The summed E-state index contributed by atoms with van der Waals surface area (Å²) in [6, 6.07) is 11.7. The fourth-order valence-corrected chi connectivity index (χ4v) is 3.51. The zero-order valence-corrected chi connectivity index (χ0v) is 12.6. The van der Waals surface area contributed by atoms with Gasteiger partial charge in [-0.2, -0.15) is 0 Å². The van der Waals surface area contributed by atoms with E-state index in [0.29, 0.717) is 21.4 Å². The standard InChI is InChI=1S/C13H13BrN2O2S/c1-9-5-6-10(14)7-13(9)19(17,18)16-12-4-2-3-11(15)8-12/h2-8,16H,15H2,1H3. The van der Waals surface area contributed by atoms with Gasteiger partial charge < -0.3 is 5.73 Å². The highest BCUT2D eigenvalue weighted by Crippen LogP contribution is 2.23. The molecule has 3 N–H and O–H groups in total. The summed E-state index contributed by atoms with van der Waals surface area (Å²) in [7, 11) is -3.62. The van der Waals surface area contributed by atoms with Gasteiger partial charge in [0.1, 0.15) is 0 Å². The van der Waals surface area contributed by atoms with Crippen molar-refractivity contribution in [1.82, 2.24) is 0 Å². The summed E-state index contributed by atoms with van der Waals surface area (Å²) >= 11 is 3.27. The van der Waals surface area contributed by atoms with Crippen molar-refractivity contribution in [3.05, 3.63) is 52.5 Å². The van der Waals surface area contributed by atoms with Gasteiger partial charge in [0, 0.05) is 10.2 Å². The van der Waals surface area contributed by atoms with Crippen LogP contribution in [0, 0.1) is 6.92 Å². The van der Waals surface area contributed by atoms with Crippen LogP contribution in [0.4, 0.5) is 11.4 Å². The van der Waals surface area contributed by atoms with Crippen molar-refractivity contribution in [2.75, 3.05) is 10.5 Å². The molecule has 0 aliphatic heterocycles. The summed E-state index contributed by atoms with van der Waals surface area (Å²) in [6.07, 6.45) is 0. The van der Waals surface area contributed by atoms with E-state index in [1.807, 2.05) is 0 Å². The van der Waals surface area contributed by atoms with E-state index in [1.54, 1.807) is 49.4 Å². The lowest BCUT2D eigenvalue weighted by Crippen LogP contribution is -2.14. The molecule has 4 nitrogen and oxygen atoms in total. The molecule has 0 fully saturated rings. The Labute approximate surface area is 120 Å². The lowest BCUT2D eigenvalue weighted by atomic mass is 10.2. The second kappa shape index (κ2) is 5.22. The van der Waals surface area contributed by atoms with Gasteiger partial charge in [0.25, 0.3) is 10.0 Å². The van der Waals surface area contributed by atoms with Crippen LogP contribution in [0.1, 0.15) is 5.56 Å². The Hall–Kier alpha value is -1.53. The second-order valence-electron chi connectivity index (χ2n) is 4.14. The Morgan fingerprint density at radius 1 is 1.16 bits per heavy atom. The van der Waals surface area contributed by atoms with Gasteiger partial charge in [-0.25, -0.2) is 8.42 Å². The molecule has 0 saturated carbocycles. The fourth-order valence-electron chi connectivity index (χ4n) is 1.68. The summed E-state index contributed by atoms with van der Waals surface area (Å²) < 4.78 is 27.9. The minimum absolute atomic E-state index is 0.240. The van der Waals surface area contributed by atoms with Gasteiger partial charge >= 0.3 is 0 Å². The zero-order chi connectivity index (χ0) is 14.0. The lowest BCUT2D eigenvalue weighted by Gasteiger charge is -2.11. The minimum Gasteiger partial charge on any atom is -0.399 e. The monoisotopic (exact) mass is 340 g/mol. The molecule has 0 radical (unpaired) electrons. The summed E-state index contributed by atoms with van der Waals surface area (Å²) in [5.74, 6) is 0. The highest BCUT2D eigenvalue weighted by Gasteiger charge is 2.17. The van der Waals surface area contributed by atoms with E-state index in [9.17, 15) is 8.42 Å². The van der Waals surface area contributed by atoms with Crippen LogP contribution in [0.5, 0.6) is 0 Å². The number of hydrogen-bond acceptors (Lipinski definition) is 3. The van der Waals surface area contributed by atoms with Crippen LogP contribution >= 0.6 is 15.9 Å². The van der Waals surface area contributed by atoms with Crippen molar-refractivity contribution < 1.29 is 8.42 Å². The van der Waals surface area contributed by atoms with Crippen LogP contribution in [0.2, 0.25) is 0 Å².